The third kappa shape index (κ3) is 6.82. The fourth-order valence-corrected chi connectivity index (χ4v) is 12.6. The van der Waals surface area contributed by atoms with Crippen molar-refractivity contribution in [3.8, 4) is 41.8 Å². The molecule has 9 aromatic rings. The molecule has 6 heterocycles. The van der Waals surface area contributed by atoms with Crippen molar-refractivity contribution in [2.45, 2.75) is 67.2 Å². The fourth-order valence-electron chi connectivity index (χ4n) is 7.08. The van der Waals surface area contributed by atoms with Crippen LogP contribution in [0.15, 0.2) is 60.7 Å². The lowest BCUT2D eigenvalue weighted by Gasteiger charge is -2.12. The third-order valence-electron chi connectivity index (χ3n) is 10.3. The fraction of sp³-hybridized carbons (Fsp3) is 0.273. The van der Waals surface area contributed by atoms with Crippen LogP contribution in [-0.4, -0.2) is 18.7 Å². The molecule has 4 nitrogen and oxygen atoms in total. The average molecular weight is 821 g/mol. The van der Waals surface area contributed by atoms with E-state index in [4.69, 9.17) is 18.7 Å². The first-order valence-electron chi connectivity index (χ1n) is 18.6. The van der Waals surface area contributed by atoms with Gasteiger partial charge in [-0.2, -0.15) is 8.75 Å². The van der Waals surface area contributed by atoms with Gasteiger partial charge in [-0.25, -0.2) is 18.7 Å². The van der Waals surface area contributed by atoms with Crippen molar-refractivity contribution in [1.29, 1.82) is 0 Å². The molecule has 11 heteroatoms. The van der Waals surface area contributed by atoms with Gasteiger partial charge in [0, 0.05) is 60.6 Å². The number of nitrogens with zero attached hydrogens (tertiary/aromatic N) is 4. The number of hydrogen-bond donors (Lipinski definition) is 0. The van der Waals surface area contributed by atoms with E-state index in [1.165, 1.54) is 11.7 Å². The van der Waals surface area contributed by atoms with Gasteiger partial charge in [0.1, 0.15) is 33.7 Å². The summed E-state index contributed by atoms with van der Waals surface area (Å²) in [5, 5.41) is 0. The molecule has 0 spiro atoms. The van der Waals surface area contributed by atoms with Gasteiger partial charge in [0.15, 0.2) is 0 Å². The Hall–Kier alpha value is -4.00. The molecule has 9 rings (SSSR count). The van der Waals surface area contributed by atoms with Crippen LogP contribution in [-0.2, 0) is 12.8 Å². The van der Waals surface area contributed by atoms with Crippen LogP contribution in [0.1, 0.15) is 63.1 Å². The van der Waals surface area contributed by atoms with Crippen molar-refractivity contribution < 1.29 is 8.78 Å². The van der Waals surface area contributed by atoms with Crippen molar-refractivity contribution >= 4 is 97.9 Å². The van der Waals surface area contributed by atoms with Crippen LogP contribution in [0.25, 0.3) is 82.6 Å². The van der Waals surface area contributed by atoms with E-state index in [0.717, 1.165) is 120 Å². The van der Waals surface area contributed by atoms with Gasteiger partial charge in [-0.3, -0.25) is 0 Å². The van der Waals surface area contributed by atoms with E-state index >= 15 is 8.78 Å². The number of aryl methyl sites for hydroxylation is 4. The Bertz CT molecular complexity index is 2650. The normalized spacial score (nSPS) is 12.3. The Labute approximate surface area is 338 Å². The van der Waals surface area contributed by atoms with Crippen molar-refractivity contribution in [3.05, 3.63) is 94.8 Å². The molecule has 0 aliphatic heterocycles. The van der Waals surface area contributed by atoms with Gasteiger partial charge < -0.3 is 0 Å². The smallest absolute Gasteiger partial charge is 0.132 e. The standard InChI is InChI=1S/C44H38F2N4S5/c1-21(2)7-9-25-11-13-27(29(45)15-25)31-17-33-35(51-31)19-37(53-33)39-41-42(48-24(6)23(5)47-41)40(44-43(39)49-55-50-44)38-20-36-34(54-38)18-32(52-36)28-14-12-26(16-30(28)46)10-8-22(3)4/h11-22H,7-10H2,1-6H3. The Kier molecular flexibility index (Phi) is 9.65. The van der Waals surface area contributed by atoms with E-state index in [1.54, 1.807) is 57.5 Å². The highest BCUT2D eigenvalue weighted by Crippen LogP contribution is 2.50. The molecule has 0 atom stereocenters. The maximum absolute atomic E-state index is 15.4. The van der Waals surface area contributed by atoms with Gasteiger partial charge in [0.2, 0.25) is 0 Å². The number of hydrogen-bond acceptors (Lipinski definition) is 9. The third-order valence-corrected chi connectivity index (χ3v) is 15.5. The zero-order valence-electron chi connectivity index (χ0n) is 31.3. The minimum Gasteiger partial charge on any atom is -0.249 e. The number of aromatic nitrogens is 4. The first-order chi connectivity index (χ1) is 26.5. The lowest BCUT2D eigenvalue weighted by Crippen LogP contribution is -1.98. The molecule has 0 N–H and O–H groups in total. The minimum absolute atomic E-state index is 0.170. The summed E-state index contributed by atoms with van der Waals surface area (Å²) in [5.74, 6) is 0.822. The summed E-state index contributed by atoms with van der Waals surface area (Å²) >= 11 is 7.76. The molecule has 0 saturated carbocycles. The van der Waals surface area contributed by atoms with Gasteiger partial charge >= 0.3 is 0 Å². The Morgan fingerprint density at radius 3 is 1.27 bits per heavy atom. The topological polar surface area (TPSA) is 51.6 Å². The molecule has 6 aromatic heterocycles. The molecule has 3 aromatic carbocycles. The highest BCUT2D eigenvalue weighted by molar-refractivity contribution is 7.31. The van der Waals surface area contributed by atoms with E-state index in [0.29, 0.717) is 23.0 Å². The summed E-state index contributed by atoms with van der Waals surface area (Å²) in [6, 6.07) is 20.0. The monoisotopic (exact) mass is 820 g/mol. The van der Waals surface area contributed by atoms with Crippen LogP contribution in [0, 0.1) is 37.3 Å². The summed E-state index contributed by atoms with van der Waals surface area (Å²) in [6.07, 6.45) is 3.85. The van der Waals surface area contributed by atoms with Gasteiger partial charge in [0.05, 0.1) is 23.1 Å². The predicted octanol–water partition coefficient (Wildman–Crippen LogP) is 14.9. The largest absolute Gasteiger partial charge is 0.249 e. The van der Waals surface area contributed by atoms with Crippen molar-refractivity contribution in [2.24, 2.45) is 11.8 Å². The van der Waals surface area contributed by atoms with E-state index in [2.05, 4.69) is 64.1 Å². The molecule has 0 aliphatic rings. The Morgan fingerprint density at radius 2 is 0.891 bits per heavy atom. The van der Waals surface area contributed by atoms with E-state index in [1.807, 2.05) is 26.0 Å². The second-order valence-electron chi connectivity index (χ2n) is 15.2. The molecule has 0 bridgehead atoms. The molecule has 0 fully saturated rings. The zero-order chi connectivity index (χ0) is 38.1. The zero-order valence-corrected chi connectivity index (χ0v) is 35.4. The molecular formula is C44H38F2N4S5. The lowest BCUT2D eigenvalue weighted by atomic mass is 10.0. The Morgan fingerprint density at radius 1 is 0.509 bits per heavy atom. The first-order valence-corrected chi connectivity index (χ1v) is 22.6. The van der Waals surface area contributed by atoms with Crippen LogP contribution >= 0.6 is 57.1 Å². The molecule has 0 aliphatic carbocycles. The number of rotatable bonds is 10. The number of thiophene rings is 4. The Balaban J connectivity index is 1.10. The van der Waals surface area contributed by atoms with Crippen molar-refractivity contribution in [3.63, 3.8) is 0 Å². The summed E-state index contributed by atoms with van der Waals surface area (Å²) in [7, 11) is 0. The number of benzene rings is 3. The predicted molar refractivity (Wildman–Crippen MR) is 234 cm³/mol. The van der Waals surface area contributed by atoms with E-state index in [9.17, 15) is 0 Å². The van der Waals surface area contributed by atoms with Crippen molar-refractivity contribution in [2.75, 3.05) is 0 Å². The van der Waals surface area contributed by atoms with Crippen LogP contribution in [0.5, 0.6) is 0 Å². The molecule has 0 amide bonds. The maximum atomic E-state index is 15.4. The number of fused-ring (bicyclic) bond motifs is 4. The molecule has 0 radical (unpaired) electrons. The van der Waals surface area contributed by atoms with Gasteiger partial charge in [-0.1, -0.05) is 52.0 Å². The van der Waals surface area contributed by atoms with Crippen LogP contribution < -0.4 is 0 Å². The quantitative estimate of drug-likeness (QED) is 0.138. The van der Waals surface area contributed by atoms with Gasteiger partial charge in [-0.15, -0.1) is 45.3 Å². The van der Waals surface area contributed by atoms with Crippen molar-refractivity contribution in [1.82, 2.24) is 18.7 Å². The highest BCUT2D eigenvalue weighted by atomic mass is 32.1. The van der Waals surface area contributed by atoms with Crippen LogP contribution in [0.3, 0.4) is 0 Å². The summed E-state index contributed by atoms with van der Waals surface area (Å²) in [5.41, 5.74) is 10.2. The summed E-state index contributed by atoms with van der Waals surface area (Å²) < 4.78 is 44.9. The molecule has 0 unspecified atom stereocenters. The highest BCUT2D eigenvalue weighted by Gasteiger charge is 2.26. The minimum atomic E-state index is -0.170. The molecule has 278 valence electrons. The molecule has 55 heavy (non-hydrogen) atoms. The van der Waals surface area contributed by atoms with Crippen LogP contribution in [0.4, 0.5) is 8.78 Å². The van der Waals surface area contributed by atoms with E-state index < -0.39 is 0 Å². The van der Waals surface area contributed by atoms with E-state index in [-0.39, 0.29) is 11.6 Å². The van der Waals surface area contributed by atoms with Gasteiger partial charge in [-0.05, 0) is 98.9 Å². The first kappa shape index (κ1) is 36.6. The van der Waals surface area contributed by atoms with Crippen LogP contribution in [0.2, 0.25) is 0 Å². The second-order valence-corrected chi connectivity index (χ2v) is 20.1. The average Bonchev–Trinajstić information content (AvgIpc) is 3.97. The summed E-state index contributed by atoms with van der Waals surface area (Å²) in [6.45, 7) is 12.8. The lowest BCUT2D eigenvalue weighted by molar-refractivity contribution is 0.582. The maximum Gasteiger partial charge on any atom is 0.132 e. The number of halogens is 2. The van der Waals surface area contributed by atoms with Gasteiger partial charge in [0.25, 0.3) is 0 Å². The second kappa shape index (κ2) is 14.5. The molecule has 0 saturated heterocycles. The molecular weight excluding hydrogens is 783 g/mol. The SMILES string of the molecule is Cc1nc2c(-c3cc4sc(-c5ccc(CCC(C)C)cc5F)cc4s3)c3nsnc3c(-c3cc4sc(-c5ccc(CCC(C)C)cc5F)cc4s3)c2nc1C. The summed E-state index contributed by atoms with van der Waals surface area (Å²) in [4.78, 5) is 14.3.